The second-order valence-electron chi connectivity index (χ2n) is 7.73. The van der Waals surface area contributed by atoms with E-state index in [1.807, 2.05) is 13.0 Å². The second kappa shape index (κ2) is 7.52. The molecule has 26 heavy (non-hydrogen) atoms. The number of piperidine rings is 1. The maximum Gasteiger partial charge on any atom is 0.227 e. The van der Waals surface area contributed by atoms with Gasteiger partial charge in [0.1, 0.15) is 5.82 Å². The van der Waals surface area contributed by atoms with Crippen molar-refractivity contribution >= 4 is 23.1 Å². The normalized spacial score (nSPS) is 18.4. The largest absolute Gasteiger partial charge is 0.372 e. The maximum absolute atomic E-state index is 4.72. The van der Waals surface area contributed by atoms with Crippen molar-refractivity contribution in [2.24, 2.45) is 5.92 Å². The molecule has 2 aromatic rings. The summed E-state index contributed by atoms with van der Waals surface area (Å²) in [7, 11) is 0. The lowest BCUT2D eigenvalue weighted by atomic mass is 9.99. The van der Waals surface area contributed by atoms with Gasteiger partial charge in [0.15, 0.2) is 0 Å². The monoisotopic (exact) mass is 351 g/mol. The molecule has 2 aliphatic rings. The summed E-state index contributed by atoms with van der Waals surface area (Å²) in [5.74, 6) is 2.58. The zero-order chi connectivity index (χ0) is 17.9. The van der Waals surface area contributed by atoms with Crippen LogP contribution >= 0.6 is 0 Å². The van der Waals surface area contributed by atoms with Crippen LogP contribution in [0.5, 0.6) is 0 Å². The fraction of sp³-hybridized carbons (Fsp3) is 0.524. The summed E-state index contributed by atoms with van der Waals surface area (Å²) in [6.45, 7) is 8.84. The van der Waals surface area contributed by atoms with Crippen molar-refractivity contribution in [1.29, 1.82) is 0 Å². The topological polar surface area (TPSA) is 44.3 Å². The minimum atomic E-state index is 0.851. The highest BCUT2D eigenvalue weighted by Crippen LogP contribution is 2.26. The van der Waals surface area contributed by atoms with Gasteiger partial charge < -0.3 is 15.1 Å². The summed E-state index contributed by atoms with van der Waals surface area (Å²) in [5, 5.41) is 3.45. The predicted octanol–water partition coefficient (Wildman–Crippen LogP) is 4.37. The Bertz CT molecular complexity index is 729. The number of hydrogen-bond donors (Lipinski definition) is 1. The average molecular weight is 351 g/mol. The first-order chi connectivity index (χ1) is 12.7. The minimum Gasteiger partial charge on any atom is -0.372 e. The summed E-state index contributed by atoms with van der Waals surface area (Å²) in [4.78, 5) is 14.1. The number of hydrogen-bond acceptors (Lipinski definition) is 5. The number of rotatable bonds is 4. The fourth-order valence-electron chi connectivity index (χ4n) is 3.85. The Kier molecular flexibility index (Phi) is 4.96. The maximum atomic E-state index is 4.72. The van der Waals surface area contributed by atoms with Gasteiger partial charge in [0.2, 0.25) is 5.95 Å². The molecule has 0 atom stereocenters. The van der Waals surface area contributed by atoms with Gasteiger partial charge >= 0.3 is 0 Å². The molecule has 3 heterocycles. The van der Waals surface area contributed by atoms with Crippen molar-refractivity contribution in [3.05, 3.63) is 36.0 Å². The highest BCUT2D eigenvalue weighted by atomic mass is 15.3. The van der Waals surface area contributed by atoms with Crippen LogP contribution in [0, 0.1) is 12.8 Å². The molecule has 1 aromatic carbocycles. The first-order valence-corrected chi connectivity index (χ1v) is 9.90. The van der Waals surface area contributed by atoms with Crippen LogP contribution in [0.1, 0.15) is 38.3 Å². The first-order valence-electron chi connectivity index (χ1n) is 9.90. The zero-order valence-corrected chi connectivity index (χ0v) is 15.9. The zero-order valence-electron chi connectivity index (χ0n) is 15.9. The number of aromatic nitrogens is 2. The van der Waals surface area contributed by atoms with Crippen molar-refractivity contribution in [2.45, 2.75) is 39.5 Å². The molecular weight excluding hydrogens is 322 g/mol. The van der Waals surface area contributed by atoms with E-state index in [0.717, 1.165) is 55.2 Å². The molecule has 138 valence electrons. The molecule has 0 spiro atoms. The molecule has 0 aliphatic carbocycles. The van der Waals surface area contributed by atoms with E-state index < -0.39 is 0 Å². The molecule has 2 fully saturated rings. The minimum absolute atomic E-state index is 0.851. The summed E-state index contributed by atoms with van der Waals surface area (Å²) in [5.41, 5.74) is 3.40. The number of anilines is 4. The molecule has 1 aromatic heterocycles. The van der Waals surface area contributed by atoms with Gasteiger partial charge in [-0.1, -0.05) is 6.92 Å². The standard InChI is InChI=1S/C21H29N5/c1-16-9-13-25(14-10-16)19-7-5-18(6-8-19)23-20-15-17(2)22-21(24-20)26-11-3-4-12-26/h5-8,15-16H,3-4,9-14H2,1-2H3,(H,22,23,24). The van der Waals surface area contributed by atoms with Crippen molar-refractivity contribution in [3.8, 4) is 0 Å². The van der Waals surface area contributed by atoms with Crippen molar-refractivity contribution < 1.29 is 0 Å². The summed E-state index contributed by atoms with van der Waals surface area (Å²) in [6.07, 6.45) is 5.05. The van der Waals surface area contributed by atoms with Crippen molar-refractivity contribution in [1.82, 2.24) is 9.97 Å². The Hall–Kier alpha value is -2.30. The number of nitrogens with zero attached hydrogens (tertiary/aromatic N) is 4. The SMILES string of the molecule is Cc1cc(Nc2ccc(N3CCC(C)CC3)cc2)nc(N2CCCC2)n1. The molecular formula is C21H29N5. The van der Waals surface area contributed by atoms with E-state index in [-0.39, 0.29) is 0 Å². The first kappa shape index (κ1) is 17.1. The average Bonchev–Trinajstić information content (AvgIpc) is 3.17. The van der Waals surface area contributed by atoms with Gasteiger partial charge in [-0.05, 0) is 62.8 Å². The molecule has 5 heteroatoms. The van der Waals surface area contributed by atoms with Crippen LogP contribution in [-0.2, 0) is 0 Å². The van der Waals surface area contributed by atoms with E-state index >= 15 is 0 Å². The van der Waals surface area contributed by atoms with Crippen molar-refractivity contribution in [2.75, 3.05) is 41.3 Å². The van der Waals surface area contributed by atoms with Crippen LogP contribution in [0.2, 0.25) is 0 Å². The third-order valence-electron chi connectivity index (χ3n) is 5.52. The Balaban J connectivity index is 1.45. The Morgan fingerprint density at radius 3 is 2.31 bits per heavy atom. The van der Waals surface area contributed by atoms with Gasteiger partial charge in [-0.15, -0.1) is 0 Å². The number of aryl methyl sites for hydroxylation is 1. The third-order valence-corrected chi connectivity index (χ3v) is 5.52. The Morgan fingerprint density at radius 2 is 1.62 bits per heavy atom. The smallest absolute Gasteiger partial charge is 0.227 e. The Morgan fingerprint density at radius 1 is 0.923 bits per heavy atom. The molecule has 0 radical (unpaired) electrons. The molecule has 2 saturated heterocycles. The molecule has 0 amide bonds. The van der Waals surface area contributed by atoms with Crippen LogP contribution in [0.15, 0.2) is 30.3 Å². The molecule has 1 N–H and O–H groups in total. The van der Waals surface area contributed by atoms with Crippen LogP contribution < -0.4 is 15.1 Å². The lowest BCUT2D eigenvalue weighted by Crippen LogP contribution is -2.32. The van der Waals surface area contributed by atoms with E-state index in [0.29, 0.717) is 0 Å². The molecule has 0 bridgehead atoms. The van der Waals surface area contributed by atoms with E-state index in [4.69, 9.17) is 4.98 Å². The quantitative estimate of drug-likeness (QED) is 0.886. The van der Waals surface area contributed by atoms with Gasteiger partial charge in [-0.2, -0.15) is 4.98 Å². The lowest BCUT2D eigenvalue weighted by molar-refractivity contribution is 0.438. The highest BCUT2D eigenvalue weighted by Gasteiger charge is 2.17. The van der Waals surface area contributed by atoms with Crippen LogP contribution in [-0.4, -0.2) is 36.1 Å². The van der Waals surface area contributed by atoms with Crippen LogP contribution in [0.25, 0.3) is 0 Å². The van der Waals surface area contributed by atoms with Gasteiger partial charge in [0.25, 0.3) is 0 Å². The molecule has 4 rings (SSSR count). The lowest BCUT2D eigenvalue weighted by Gasteiger charge is -2.32. The van der Waals surface area contributed by atoms with Gasteiger partial charge in [0, 0.05) is 49.3 Å². The van der Waals surface area contributed by atoms with Crippen LogP contribution in [0.4, 0.5) is 23.1 Å². The van der Waals surface area contributed by atoms with Crippen LogP contribution in [0.3, 0.4) is 0 Å². The Labute approximate surface area is 156 Å². The summed E-state index contributed by atoms with van der Waals surface area (Å²) >= 11 is 0. The molecule has 2 aliphatic heterocycles. The van der Waals surface area contributed by atoms with Gasteiger partial charge in [-0.25, -0.2) is 4.98 Å². The van der Waals surface area contributed by atoms with E-state index in [2.05, 4.69) is 51.3 Å². The number of benzene rings is 1. The fourth-order valence-corrected chi connectivity index (χ4v) is 3.85. The van der Waals surface area contributed by atoms with E-state index in [1.54, 1.807) is 0 Å². The predicted molar refractivity (Wildman–Crippen MR) is 109 cm³/mol. The van der Waals surface area contributed by atoms with Gasteiger partial charge in [-0.3, -0.25) is 0 Å². The van der Waals surface area contributed by atoms with Gasteiger partial charge in [0.05, 0.1) is 0 Å². The second-order valence-corrected chi connectivity index (χ2v) is 7.73. The van der Waals surface area contributed by atoms with E-state index in [9.17, 15) is 0 Å². The molecule has 0 unspecified atom stereocenters. The third kappa shape index (κ3) is 3.92. The summed E-state index contributed by atoms with van der Waals surface area (Å²) in [6, 6.07) is 10.8. The van der Waals surface area contributed by atoms with E-state index in [1.165, 1.54) is 31.4 Å². The number of nitrogens with one attached hydrogen (secondary N) is 1. The summed E-state index contributed by atoms with van der Waals surface area (Å²) < 4.78 is 0. The molecule has 5 nitrogen and oxygen atoms in total. The highest BCUT2D eigenvalue weighted by molar-refractivity contribution is 5.62. The van der Waals surface area contributed by atoms with Crippen molar-refractivity contribution in [3.63, 3.8) is 0 Å². The molecule has 0 saturated carbocycles.